The highest BCUT2D eigenvalue weighted by atomic mass is 16.2. The molecule has 0 fully saturated rings. The number of nitrogens with one attached hydrogen (secondary N) is 2. The first-order chi connectivity index (χ1) is 12.4. The molecule has 0 atom stereocenters. The molecule has 0 unspecified atom stereocenters. The second-order valence-corrected chi connectivity index (χ2v) is 5.58. The molecule has 8 nitrogen and oxygen atoms in total. The van der Waals surface area contributed by atoms with Crippen LogP contribution in [0.5, 0.6) is 0 Å². The Morgan fingerprint density at radius 2 is 1.35 bits per heavy atom. The maximum absolute atomic E-state index is 13.2. The molecule has 8 heteroatoms. The Kier molecular flexibility index (Phi) is 5.90. The predicted octanol–water partition coefficient (Wildman–Crippen LogP) is 0.553. The van der Waals surface area contributed by atoms with Gasteiger partial charge in [-0.1, -0.05) is 12.1 Å². The first-order valence-corrected chi connectivity index (χ1v) is 7.81. The van der Waals surface area contributed by atoms with Gasteiger partial charge in [0.15, 0.2) is 5.54 Å². The van der Waals surface area contributed by atoms with Crippen LogP contribution in [0.25, 0.3) is 0 Å². The lowest BCUT2D eigenvalue weighted by Gasteiger charge is -2.31. The van der Waals surface area contributed by atoms with Gasteiger partial charge in [-0.05, 0) is 24.3 Å². The van der Waals surface area contributed by atoms with Gasteiger partial charge in [-0.25, -0.2) is 0 Å². The largest absolute Gasteiger partial charge is 0.353 e. The SMILES string of the molecule is CC(=O)NCC(NC(C)=O)(C(=O)c1ccccn1)C(=O)c1ccccn1. The van der Waals surface area contributed by atoms with Gasteiger partial charge in [0, 0.05) is 26.2 Å². The van der Waals surface area contributed by atoms with Gasteiger partial charge >= 0.3 is 0 Å². The number of Topliss-reactive ketones (excluding diaryl/α,β-unsaturated/α-hetero) is 2. The highest BCUT2D eigenvalue weighted by Crippen LogP contribution is 2.18. The van der Waals surface area contributed by atoms with E-state index < -0.39 is 35.5 Å². The maximum Gasteiger partial charge on any atom is 0.218 e. The molecule has 2 rings (SSSR count). The fourth-order valence-electron chi connectivity index (χ4n) is 2.41. The van der Waals surface area contributed by atoms with E-state index in [2.05, 4.69) is 20.6 Å². The van der Waals surface area contributed by atoms with Crippen molar-refractivity contribution in [1.29, 1.82) is 0 Å². The Balaban J connectivity index is 2.59. The summed E-state index contributed by atoms with van der Waals surface area (Å²) in [6, 6.07) is 9.26. The van der Waals surface area contributed by atoms with Crippen molar-refractivity contribution in [2.45, 2.75) is 19.4 Å². The number of pyridine rings is 2. The number of ketones is 2. The lowest BCUT2D eigenvalue weighted by atomic mass is 9.84. The summed E-state index contributed by atoms with van der Waals surface area (Å²) in [6.45, 7) is 2.00. The minimum absolute atomic E-state index is 0.0177. The van der Waals surface area contributed by atoms with Crippen molar-refractivity contribution in [3.63, 3.8) is 0 Å². The van der Waals surface area contributed by atoms with Crippen LogP contribution < -0.4 is 10.6 Å². The third-order valence-electron chi connectivity index (χ3n) is 3.56. The number of carbonyl (C=O) groups is 4. The van der Waals surface area contributed by atoms with Gasteiger partial charge in [-0.2, -0.15) is 0 Å². The second-order valence-electron chi connectivity index (χ2n) is 5.58. The Hall–Kier alpha value is -3.42. The molecule has 0 aliphatic rings. The minimum atomic E-state index is -2.06. The van der Waals surface area contributed by atoms with E-state index >= 15 is 0 Å². The Bertz CT molecular complexity index is 770. The van der Waals surface area contributed by atoms with Crippen molar-refractivity contribution in [3.8, 4) is 0 Å². The van der Waals surface area contributed by atoms with Crippen LogP contribution in [-0.2, 0) is 9.59 Å². The third-order valence-corrected chi connectivity index (χ3v) is 3.56. The molecule has 2 aromatic heterocycles. The zero-order valence-electron chi connectivity index (χ0n) is 14.4. The molecule has 0 aliphatic carbocycles. The molecule has 134 valence electrons. The smallest absolute Gasteiger partial charge is 0.218 e. The zero-order valence-corrected chi connectivity index (χ0v) is 14.4. The molecule has 0 aromatic carbocycles. The van der Waals surface area contributed by atoms with E-state index in [-0.39, 0.29) is 11.4 Å². The van der Waals surface area contributed by atoms with Crippen LogP contribution in [0, 0.1) is 0 Å². The van der Waals surface area contributed by atoms with Gasteiger partial charge in [0.25, 0.3) is 0 Å². The minimum Gasteiger partial charge on any atom is -0.353 e. The number of hydrogen-bond donors (Lipinski definition) is 2. The topological polar surface area (TPSA) is 118 Å². The van der Waals surface area contributed by atoms with Gasteiger partial charge in [0.2, 0.25) is 23.4 Å². The summed E-state index contributed by atoms with van der Waals surface area (Å²) in [5, 5.41) is 4.85. The normalized spacial score (nSPS) is 10.7. The number of carbonyl (C=O) groups excluding carboxylic acids is 4. The molecule has 0 radical (unpaired) electrons. The molecule has 26 heavy (non-hydrogen) atoms. The summed E-state index contributed by atoms with van der Waals surface area (Å²) in [5.74, 6) is -2.54. The number of hydrogen-bond acceptors (Lipinski definition) is 6. The fraction of sp³-hybridized carbons (Fsp3) is 0.222. The van der Waals surface area contributed by atoms with Crippen LogP contribution in [0.4, 0.5) is 0 Å². The van der Waals surface area contributed by atoms with Crippen LogP contribution in [0.15, 0.2) is 48.8 Å². The molecule has 2 heterocycles. The summed E-state index contributed by atoms with van der Waals surface area (Å²) >= 11 is 0. The van der Waals surface area contributed by atoms with Gasteiger partial charge in [0.1, 0.15) is 11.4 Å². The van der Waals surface area contributed by atoms with Crippen LogP contribution in [-0.4, -0.2) is 45.4 Å². The number of rotatable bonds is 7. The van der Waals surface area contributed by atoms with E-state index in [9.17, 15) is 19.2 Å². The lowest BCUT2D eigenvalue weighted by molar-refractivity contribution is -0.121. The van der Waals surface area contributed by atoms with Crippen molar-refractivity contribution in [1.82, 2.24) is 20.6 Å². The third kappa shape index (κ3) is 4.15. The first-order valence-electron chi connectivity index (χ1n) is 7.81. The predicted molar refractivity (Wildman–Crippen MR) is 92.4 cm³/mol. The second kappa shape index (κ2) is 8.11. The van der Waals surface area contributed by atoms with Gasteiger partial charge in [0.05, 0.1) is 6.54 Å². The molecular weight excluding hydrogens is 336 g/mol. The van der Waals surface area contributed by atoms with Gasteiger partial charge in [-0.3, -0.25) is 29.1 Å². The summed E-state index contributed by atoms with van der Waals surface area (Å²) in [4.78, 5) is 57.5. The van der Waals surface area contributed by atoms with Crippen LogP contribution in [0.2, 0.25) is 0 Å². The quantitative estimate of drug-likeness (QED) is 0.554. The van der Waals surface area contributed by atoms with Crippen molar-refractivity contribution in [2.75, 3.05) is 6.54 Å². The highest BCUT2D eigenvalue weighted by Gasteiger charge is 2.48. The molecule has 0 aliphatic heterocycles. The lowest BCUT2D eigenvalue weighted by Crippen LogP contribution is -2.65. The monoisotopic (exact) mass is 354 g/mol. The number of aromatic nitrogens is 2. The fourth-order valence-corrected chi connectivity index (χ4v) is 2.41. The first kappa shape index (κ1) is 18.9. The van der Waals surface area contributed by atoms with Crippen molar-refractivity contribution in [3.05, 3.63) is 60.2 Å². The van der Waals surface area contributed by atoms with E-state index in [4.69, 9.17) is 0 Å². The van der Waals surface area contributed by atoms with Crippen molar-refractivity contribution < 1.29 is 19.2 Å². The van der Waals surface area contributed by atoms with Gasteiger partial charge in [-0.15, -0.1) is 0 Å². The molecule has 0 saturated heterocycles. The standard InChI is InChI=1S/C18H18N4O4/c1-12(23)21-11-18(22-13(2)24,16(25)14-7-3-5-9-19-14)17(26)15-8-4-6-10-20-15/h3-10H,11H2,1-2H3,(H,21,23)(H,22,24). The van der Waals surface area contributed by atoms with E-state index in [1.54, 1.807) is 24.3 Å². The van der Waals surface area contributed by atoms with E-state index in [0.717, 1.165) is 0 Å². The van der Waals surface area contributed by atoms with E-state index in [1.165, 1.54) is 38.4 Å². The molecule has 2 aromatic rings. The Labute approximate surface area is 150 Å². The molecule has 2 amide bonds. The summed E-state index contributed by atoms with van der Waals surface area (Å²) in [6.07, 6.45) is 2.80. The van der Waals surface area contributed by atoms with Crippen molar-refractivity contribution in [2.24, 2.45) is 0 Å². The number of nitrogens with zero attached hydrogens (tertiary/aromatic N) is 2. The average molecular weight is 354 g/mol. The Morgan fingerprint density at radius 3 is 1.69 bits per heavy atom. The zero-order chi connectivity index (χ0) is 19.2. The van der Waals surface area contributed by atoms with Gasteiger partial charge < -0.3 is 10.6 Å². The maximum atomic E-state index is 13.2. The van der Waals surface area contributed by atoms with Crippen molar-refractivity contribution >= 4 is 23.4 Å². The highest BCUT2D eigenvalue weighted by molar-refractivity contribution is 6.24. The Morgan fingerprint density at radius 1 is 0.846 bits per heavy atom. The summed E-state index contributed by atoms with van der Waals surface area (Å²) in [5.41, 5.74) is -2.09. The average Bonchev–Trinajstić information content (AvgIpc) is 2.65. The van der Waals surface area contributed by atoms with E-state index in [0.29, 0.717) is 0 Å². The van der Waals surface area contributed by atoms with Crippen LogP contribution in [0.1, 0.15) is 34.8 Å². The molecule has 0 spiro atoms. The molecule has 0 bridgehead atoms. The van der Waals surface area contributed by atoms with E-state index in [1.807, 2.05) is 0 Å². The molecule has 2 N–H and O–H groups in total. The van der Waals surface area contributed by atoms with Crippen LogP contribution in [0.3, 0.4) is 0 Å². The number of amides is 2. The molecular formula is C18H18N4O4. The molecule has 0 saturated carbocycles. The van der Waals surface area contributed by atoms with Crippen LogP contribution >= 0.6 is 0 Å². The summed E-state index contributed by atoms with van der Waals surface area (Å²) < 4.78 is 0. The summed E-state index contributed by atoms with van der Waals surface area (Å²) in [7, 11) is 0.